The Kier molecular flexibility index (Phi) is 12.6. The first-order valence-corrected chi connectivity index (χ1v) is 13.7. The van der Waals surface area contributed by atoms with Crippen LogP contribution in [0.15, 0.2) is 79.1 Å². The number of hydrogen-bond acceptors (Lipinski definition) is 7. The maximum Gasteiger partial charge on any atom is 0.490 e. The second-order valence-corrected chi connectivity index (χ2v) is 9.65. The third kappa shape index (κ3) is 11.4. The number of anilines is 2. The van der Waals surface area contributed by atoms with E-state index in [-0.39, 0.29) is 5.91 Å². The summed E-state index contributed by atoms with van der Waals surface area (Å²) in [6.07, 6.45) is -0.703. The standard InChI is InChI=1S/C28H32N6O3.C2HF3O2/c35-26(31-21-22-5-2-1-3-6-22)23-7-9-24(10-8-23)32-28(37)27(36)30-13-4-16-33-17-19-34(20-18-33)25-11-14-29-15-12-25;3-2(4,5)1(6)7/h1-3,5-12,14-15H,4,13,16-21H2,(H,30,36)(H,31,35)(H,32,37);(H,6,7). The molecule has 4 N–H and O–H groups in total. The van der Waals surface area contributed by atoms with Crippen LogP contribution in [0.5, 0.6) is 0 Å². The Bertz CT molecular complexity index is 1370. The Labute approximate surface area is 252 Å². The van der Waals surface area contributed by atoms with Crippen LogP contribution in [0.1, 0.15) is 22.3 Å². The fraction of sp³-hybridized carbons (Fsp3) is 0.300. The fourth-order valence-corrected chi connectivity index (χ4v) is 4.14. The molecule has 1 fully saturated rings. The molecule has 1 aliphatic heterocycles. The molecule has 0 saturated carbocycles. The minimum atomic E-state index is -5.08. The molecule has 0 bridgehead atoms. The van der Waals surface area contributed by atoms with Gasteiger partial charge in [0.2, 0.25) is 0 Å². The highest BCUT2D eigenvalue weighted by Crippen LogP contribution is 2.15. The molecule has 2 aromatic carbocycles. The van der Waals surface area contributed by atoms with Gasteiger partial charge in [-0.2, -0.15) is 13.2 Å². The van der Waals surface area contributed by atoms with Gasteiger partial charge in [0.1, 0.15) is 0 Å². The molecule has 4 rings (SSSR count). The molecule has 234 valence electrons. The van der Waals surface area contributed by atoms with Crippen molar-refractivity contribution in [2.45, 2.75) is 19.1 Å². The lowest BCUT2D eigenvalue weighted by molar-refractivity contribution is -0.192. The number of carboxylic acid groups (broad SMARTS) is 1. The van der Waals surface area contributed by atoms with Gasteiger partial charge in [-0.05, 0) is 54.9 Å². The van der Waals surface area contributed by atoms with Crippen LogP contribution in [0.2, 0.25) is 0 Å². The largest absolute Gasteiger partial charge is 0.490 e. The lowest BCUT2D eigenvalue weighted by Crippen LogP contribution is -2.47. The van der Waals surface area contributed by atoms with Crippen molar-refractivity contribution in [1.29, 1.82) is 0 Å². The molecule has 1 saturated heterocycles. The average molecular weight is 615 g/mol. The Balaban J connectivity index is 0.000000676. The van der Waals surface area contributed by atoms with Gasteiger partial charge in [-0.15, -0.1) is 0 Å². The van der Waals surface area contributed by atoms with Crippen LogP contribution in [0, 0.1) is 0 Å². The normalized spacial score (nSPS) is 13.2. The number of alkyl halides is 3. The second-order valence-electron chi connectivity index (χ2n) is 9.65. The summed E-state index contributed by atoms with van der Waals surface area (Å²) >= 11 is 0. The number of amides is 3. The lowest BCUT2D eigenvalue weighted by Gasteiger charge is -2.36. The van der Waals surface area contributed by atoms with E-state index in [2.05, 4.69) is 30.7 Å². The summed E-state index contributed by atoms with van der Waals surface area (Å²) in [7, 11) is 0. The van der Waals surface area contributed by atoms with Crippen LogP contribution in [0.25, 0.3) is 0 Å². The van der Waals surface area contributed by atoms with Crippen molar-refractivity contribution in [3.8, 4) is 0 Å². The molecule has 0 spiro atoms. The van der Waals surface area contributed by atoms with Crippen LogP contribution >= 0.6 is 0 Å². The Hall–Kier alpha value is -4.98. The van der Waals surface area contributed by atoms with E-state index in [4.69, 9.17) is 9.90 Å². The zero-order valence-electron chi connectivity index (χ0n) is 23.7. The molecule has 3 aromatic rings. The highest BCUT2D eigenvalue weighted by atomic mass is 19.4. The van der Waals surface area contributed by atoms with E-state index in [1.807, 2.05) is 54.9 Å². The summed E-state index contributed by atoms with van der Waals surface area (Å²) in [4.78, 5) is 54.4. The van der Waals surface area contributed by atoms with Crippen LogP contribution in [0.3, 0.4) is 0 Å². The second kappa shape index (κ2) is 16.6. The van der Waals surface area contributed by atoms with Gasteiger partial charge in [-0.3, -0.25) is 24.3 Å². The molecule has 0 radical (unpaired) electrons. The lowest BCUT2D eigenvalue weighted by atomic mass is 10.1. The van der Waals surface area contributed by atoms with Gasteiger partial charge in [0.25, 0.3) is 5.91 Å². The molecule has 0 aliphatic carbocycles. The Morgan fingerprint density at radius 1 is 0.818 bits per heavy atom. The van der Waals surface area contributed by atoms with Crippen molar-refractivity contribution in [2.75, 3.05) is 49.5 Å². The number of rotatable bonds is 9. The maximum absolute atomic E-state index is 12.3. The number of benzene rings is 2. The van der Waals surface area contributed by atoms with Gasteiger partial charge in [0, 0.05) is 68.6 Å². The van der Waals surface area contributed by atoms with Crippen LogP contribution in [0.4, 0.5) is 24.5 Å². The van der Waals surface area contributed by atoms with Gasteiger partial charge in [-0.25, -0.2) is 4.79 Å². The molecule has 44 heavy (non-hydrogen) atoms. The first kappa shape index (κ1) is 33.5. The predicted octanol–water partition coefficient (Wildman–Crippen LogP) is 2.91. The van der Waals surface area contributed by atoms with Crippen molar-refractivity contribution in [1.82, 2.24) is 20.5 Å². The number of carbonyl (C=O) groups is 4. The van der Waals surface area contributed by atoms with Crippen molar-refractivity contribution < 1.29 is 37.5 Å². The number of nitrogens with one attached hydrogen (secondary N) is 3. The summed E-state index contributed by atoms with van der Waals surface area (Å²) in [5.74, 6) is -4.37. The number of carboxylic acids is 1. The van der Waals surface area contributed by atoms with E-state index in [0.717, 1.165) is 44.7 Å². The molecule has 3 amide bonds. The summed E-state index contributed by atoms with van der Waals surface area (Å²) in [6, 6.07) is 20.1. The molecular formula is C30H33F3N6O5. The minimum Gasteiger partial charge on any atom is -0.475 e. The smallest absolute Gasteiger partial charge is 0.475 e. The van der Waals surface area contributed by atoms with Gasteiger partial charge in [0.15, 0.2) is 0 Å². The number of carbonyl (C=O) groups excluding carboxylic acids is 3. The van der Waals surface area contributed by atoms with E-state index < -0.39 is 24.0 Å². The molecule has 14 heteroatoms. The van der Waals surface area contributed by atoms with E-state index in [1.54, 1.807) is 24.3 Å². The minimum absolute atomic E-state index is 0.210. The molecular weight excluding hydrogens is 581 g/mol. The van der Waals surface area contributed by atoms with Crippen LogP contribution < -0.4 is 20.9 Å². The van der Waals surface area contributed by atoms with E-state index >= 15 is 0 Å². The molecule has 1 aliphatic rings. The Morgan fingerprint density at radius 2 is 1.43 bits per heavy atom. The zero-order chi connectivity index (χ0) is 32.0. The number of aromatic nitrogens is 1. The molecule has 2 heterocycles. The third-order valence-electron chi connectivity index (χ3n) is 6.49. The number of pyridine rings is 1. The predicted molar refractivity (Wildman–Crippen MR) is 157 cm³/mol. The van der Waals surface area contributed by atoms with Crippen molar-refractivity contribution in [3.05, 3.63) is 90.3 Å². The molecule has 0 atom stereocenters. The molecule has 11 nitrogen and oxygen atoms in total. The van der Waals surface area contributed by atoms with Gasteiger partial charge < -0.3 is 26.0 Å². The topological polar surface area (TPSA) is 144 Å². The first-order valence-electron chi connectivity index (χ1n) is 13.7. The van der Waals surface area contributed by atoms with Crippen LogP contribution in [-0.2, 0) is 20.9 Å². The first-order chi connectivity index (χ1) is 21.0. The fourth-order valence-electron chi connectivity index (χ4n) is 4.14. The van der Waals surface area contributed by atoms with Gasteiger partial charge in [0.05, 0.1) is 0 Å². The van der Waals surface area contributed by atoms with Crippen molar-refractivity contribution in [3.63, 3.8) is 0 Å². The molecule has 1 aromatic heterocycles. The number of aliphatic carboxylic acids is 1. The number of piperazine rings is 1. The number of nitrogens with zero attached hydrogens (tertiary/aromatic N) is 3. The van der Waals surface area contributed by atoms with Crippen LogP contribution in [-0.4, -0.2) is 84.1 Å². The highest BCUT2D eigenvalue weighted by Gasteiger charge is 2.38. The summed E-state index contributed by atoms with van der Waals surface area (Å²) < 4.78 is 31.7. The van der Waals surface area contributed by atoms with Crippen molar-refractivity contribution >= 4 is 35.1 Å². The summed E-state index contributed by atoms with van der Waals surface area (Å²) in [6.45, 7) is 5.53. The number of hydrogen-bond donors (Lipinski definition) is 4. The van der Waals surface area contributed by atoms with Crippen molar-refractivity contribution in [2.24, 2.45) is 0 Å². The Morgan fingerprint density at radius 3 is 2.02 bits per heavy atom. The summed E-state index contributed by atoms with van der Waals surface area (Å²) in [5.41, 5.74) is 3.12. The number of halogens is 3. The van der Waals surface area contributed by atoms with Gasteiger partial charge in [-0.1, -0.05) is 30.3 Å². The van der Waals surface area contributed by atoms with E-state index in [0.29, 0.717) is 24.3 Å². The maximum atomic E-state index is 12.3. The summed E-state index contributed by atoms with van der Waals surface area (Å²) in [5, 5.41) is 15.2. The monoisotopic (exact) mass is 614 g/mol. The zero-order valence-corrected chi connectivity index (χ0v) is 23.7. The highest BCUT2D eigenvalue weighted by molar-refractivity contribution is 6.39. The average Bonchev–Trinajstić information content (AvgIpc) is 3.03. The van der Waals surface area contributed by atoms with E-state index in [9.17, 15) is 27.6 Å². The molecule has 0 unspecified atom stereocenters. The van der Waals surface area contributed by atoms with Gasteiger partial charge >= 0.3 is 24.0 Å². The SMILES string of the molecule is O=C(NCCCN1CCN(c2ccncc2)CC1)C(=O)Nc1ccc(C(=O)NCc2ccccc2)cc1.O=C(O)C(F)(F)F. The third-order valence-corrected chi connectivity index (χ3v) is 6.49. The van der Waals surface area contributed by atoms with E-state index in [1.165, 1.54) is 5.69 Å². The quantitative estimate of drug-likeness (QED) is 0.213.